The average molecular weight is 153 g/mol. The van der Waals surface area contributed by atoms with Gasteiger partial charge >= 0.3 is 0 Å². The third-order valence-electron chi connectivity index (χ3n) is 1.46. The van der Waals surface area contributed by atoms with E-state index < -0.39 is 0 Å². The summed E-state index contributed by atoms with van der Waals surface area (Å²) in [6.45, 7) is 1.06. The number of hydrogen-bond acceptors (Lipinski definition) is 3. The van der Waals surface area contributed by atoms with E-state index in [4.69, 9.17) is 9.47 Å². The second-order valence-corrected chi connectivity index (χ2v) is 2.23. The maximum atomic E-state index is 10.7. The Morgan fingerprint density at radius 3 is 2.82 bits per heavy atom. The fourth-order valence-corrected chi connectivity index (χ4v) is 0.976. The van der Waals surface area contributed by atoms with Crippen LogP contribution in [0.25, 0.3) is 0 Å². The molecule has 0 aliphatic carbocycles. The minimum Gasteiger partial charge on any atom is -0.619 e. The Labute approximate surface area is 63.6 Å². The fraction of sp³-hybridized carbons (Fsp3) is 0.286. The van der Waals surface area contributed by atoms with Crippen molar-refractivity contribution in [3.05, 3.63) is 23.7 Å². The number of rotatable bonds is 0. The van der Waals surface area contributed by atoms with Crippen LogP contribution in [-0.2, 0) is 0 Å². The minimum atomic E-state index is 0.511. The molecule has 1 aromatic heterocycles. The number of pyridine rings is 1. The molecule has 0 saturated carbocycles. The van der Waals surface area contributed by atoms with Crippen molar-refractivity contribution in [3.63, 3.8) is 0 Å². The Morgan fingerprint density at radius 1 is 1.27 bits per heavy atom. The van der Waals surface area contributed by atoms with Gasteiger partial charge in [-0.3, -0.25) is 0 Å². The lowest BCUT2D eigenvalue weighted by Crippen LogP contribution is -2.26. The summed E-state index contributed by atoms with van der Waals surface area (Å²) in [4.78, 5) is 0. The van der Waals surface area contributed by atoms with Gasteiger partial charge in [0.2, 0.25) is 11.9 Å². The van der Waals surface area contributed by atoms with Crippen LogP contribution in [-0.4, -0.2) is 13.2 Å². The molecule has 1 aliphatic heterocycles. The van der Waals surface area contributed by atoms with Crippen LogP contribution in [0.4, 0.5) is 0 Å². The van der Waals surface area contributed by atoms with E-state index in [0.29, 0.717) is 29.4 Å². The molecule has 58 valence electrons. The molecule has 0 saturated heterocycles. The monoisotopic (exact) mass is 153 g/mol. The molecule has 0 unspecified atom stereocenters. The Hall–Kier alpha value is -1.45. The third-order valence-corrected chi connectivity index (χ3v) is 1.46. The second kappa shape index (κ2) is 2.30. The lowest BCUT2D eigenvalue weighted by molar-refractivity contribution is -0.606. The predicted molar refractivity (Wildman–Crippen MR) is 36.4 cm³/mol. The summed E-state index contributed by atoms with van der Waals surface area (Å²) in [5.74, 6) is 1.16. The number of aromatic nitrogens is 1. The van der Waals surface area contributed by atoms with Crippen LogP contribution >= 0.6 is 0 Å². The highest BCUT2D eigenvalue weighted by atomic mass is 16.6. The lowest BCUT2D eigenvalue weighted by atomic mass is 10.4. The van der Waals surface area contributed by atoms with Crippen LogP contribution in [0.3, 0.4) is 0 Å². The molecule has 2 heterocycles. The van der Waals surface area contributed by atoms with E-state index in [1.165, 1.54) is 12.4 Å². The third kappa shape index (κ3) is 1.07. The summed E-state index contributed by atoms with van der Waals surface area (Å²) in [7, 11) is 0. The van der Waals surface area contributed by atoms with Gasteiger partial charge in [0, 0.05) is 6.07 Å². The van der Waals surface area contributed by atoms with E-state index in [0.717, 1.165) is 0 Å². The Balaban J connectivity index is 2.43. The van der Waals surface area contributed by atoms with E-state index in [2.05, 4.69) is 0 Å². The smallest absolute Gasteiger partial charge is 0.227 e. The maximum absolute atomic E-state index is 10.7. The first kappa shape index (κ1) is 6.27. The van der Waals surface area contributed by atoms with Crippen molar-refractivity contribution < 1.29 is 14.2 Å². The van der Waals surface area contributed by atoms with Gasteiger partial charge in [0.25, 0.3) is 0 Å². The molecule has 11 heavy (non-hydrogen) atoms. The van der Waals surface area contributed by atoms with Gasteiger partial charge in [-0.2, -0.15) is 4.73 Å². The second-order valence-electron chi connectivity index (χ2n) is 2.23. The molecule has 1 aliphatic rings. The molecular formula is C7H7NO3. The zero-order chi connectivity index (χ0) is 7.68. The van der Waals surface area contributed by atoms with Crippen molar-refractivity contribution >= 4 is 0 Å². The van der Waals surface area contributed by atoms with Gasteiger partial charge in [-0.05, 0) is 0 Å². The van der Waals surface area contributed by atoms with Crippen molar-refractivity contribution in [3.8, 4) is 11.5 Å². The SMILES string of the molecule is [O-][n+]1ccc2c(c1)OCCO2. The molecule has 0 radical (unpaired) electrons. The van der Waals surface area contributed by atoms with Crippen molar-refractivity contribution in [2.24, 2.45) is 0 Å². The Bertz CT molecular complexity index is 274. The number of fused-ring (bicyclic) bond motifs is 1. The van der Waals surface area contributed by atoms with Crippen molar-refractivity contribution in [1.29, 1.82) is 0 Å². The van der Waals surface area contributed by atoms with Gasteiger partial charge in [0.05, 0.1) is 0 Å². The highest BCUT2D eigenvalue weighted by Crippen LogP contribution is 2.26. The zero-order valence-corrected chi connectivity index (χ0v) is 5.82. The fourth-order valence-electron chi connectivity index (χ4n) is 0.976. The molecule has 1 aromatic rings. The van der Waals surface area contributed by atoms with Crippen molar-refractivity contribution in [2.75, 3.05) is 13.2 Å². The van der Waals surface area contributed by atoms with Crippen LogP contribution in [0.1, 0.15) is 0 Å². The normalized spacial score (nSPS) is 14.5. The van der Waals surface area contributed by atoms with E-state index >= 15 is 0 Å². The summed E-state index contributed by atoms with van der Waals surface area (Å²) < 4.78 is 11.0. The predicted octanol–water partition coefficient (Wildman–Crippen LogP) is 0.0912. The molecule has 0 N–H and O–H groups in total. The van der Waals surface area contributed by atoms with Crippen molar-refractivity contribution in [1.82, 2.24) is 0 Å². The molecule has 4 heteroatoms. The first-order chi connectivity index (χ1) is 5.36. The van der Waals surface area contributed by atoms with E-state index in [1.807, 2.05) is 0 Å². The summed E-state index contributed by atoms with van der Waals surface area (Å²) in [6.07, 6.45) is 2.74. The average Bonchev–Trinajstić information content (AvgIpc) is 2.04. The van der Waals surface area contributed by atoms with Crippen LogP contribution in [0.2, 0.25) is 0 Å². The number of nitrogens with zero attached hydrogens (tertiary/aromatic N) is 1. The van der Waals surface area contributed by atoms with E-state index in [-0.39, 0.29) is 0 Å². The van der Waals surface area contributed by atoms with E-state index in [9.17, 15) is 5.21 Å². The molecule has 0 aromatic carbocycles. The standard InChI is InChI=1S/C7H7NO3/c9-8-2-1-6-7(5-8)11-4-3-10-6/h1-2,5H,3-4H2. The lowest BCUT2D eigenvalue weighted by Gasteiger charge is -2.16. The Kier molecular flexibility index (Phi) is 1.31. The molecular weight excluding hydrogens is 146 g/mol. The molecule has 2 rings (SSSR count). The zero-order valence-electron chi connectivity index (χ0n) is 5.82. The highest BCUT2D eigenvalue weighted by Gasteiger charge is 2.13. The van der Waals surface area contributed by atoms with E-state index in [1.54, 1.807) is 6.07 Å². The van der Waals surface area contributed by atoms with Gasteiger partial charge in [-0.25, -0.2) is 0 Å². The van der Waals surface area contributed by atoms with Crippen LogP contribution < -0.4 is 14.2 Å². The van der Waals surface area contributed by atoms with Gasteiger partial charge in [0.1, 0.15) is 13.2 Å². The first-order valence-corrected chi connectivity index (χ1v) is 3.35. The quantitative estimate of drug-likeness (QED) is 0.392. The molecule has 4 nitrogen and oxygen atoms in total. The maximum Gasteiger partial charge on any atom is 0.227 e. The first-order valence-electron chi connectivity index (χ1n) is 3.35. The summed E-state index contributed by atoms with van der Waals surface area (Å²) in [5.41, 5.74) is 0. The topological polar surface area (TPSA) is 45.4 Å². The molecule has 0 bridgehead atoms. The van der Waals surface area contributed by atoms with Crippen LogP contribution in [0, 0.1) is 5.21 Å². The van der Waals surface area contributed by atoms with Gasteiger partial charge in [-0.1, -0.05) is 0 Å². The molecule has 0 spiro atoms. The molecule has 0 atom stereocenters. The minimum absolute atomic E-state index is 0.511. The highest BCUT2D eigenvalue weighted by molar-refractivity contribution is 5.35. The summed E-state index contributed by atoms with van der Waals surface area (Å²) in [6, 6.07) is 1.60. The van der Waals surface area contributed by atoms with Gasteiger partial charge in [-0.15, -0.1) is 0 Å². The number of ether oxygens (including phenoxy) is 2. The largest absolute Gasteiger partial charge is 0.619 e. The number of hydrogen-bond donors (Lipinski definition) is 0. The van der Waals surface area contributed by atoms with Crippen molar-refractivity contribution in [2.45, 2.75) is 0 Å². The van der Waals surface area contributed by atoms with Crippen LogP contribution in [0.15, 0.2) is 18.5 Å². The summed E-state index contributed by atoms with van der Waals surface area (Å²) >= 11 is 0. The Morgan fingerprint density at radius 2 is 2.00 bits per heavy atom. The molecule has 0 amide bonds. The van der Waals surface area contributed by atoms with Gasteiger partial charge < -0.3 is 14.7 Å². The molecule has 0 fully saturated rings. The van der Waals surface area contributed by atoms with Gasteiger partial charge in [0.15, 0.2) is 11.9 Å². The van der Waals surface area contributed by atoms with Crippen LogP contribution in [0.5, 0.6) is 11.5 Å². The summed E-state index contributed by atoms with van der Waals surface area (Å²) in [5, 5.41) is 10.7.